The van der Waals surface area contributed by atoms with Crippen LogP contribution in [0.15, 0.2) is 18.5 Å². The summed E-state index contributed by atoms with van der Waals surface area (Å²) < 4.78 is 0. The maximum absolute atomic E-state index is 4.78. The van der Waals surface area contributed by atoms with Gasteiger partial charge in [0.1, 0.15) is 28.6 Å². The lowest BCUT2D eigenvalue weighted by Crippen LogP contribution is -2.47. The summed E-state index contributed by atoms with van der Waals surface area (Å²) in [5, 5.41) is 1.17. The van der Waals surface area contributed by atoms with E-state index in [4.69, 9.17) is 4.98 Å². The zero-order valence-corrected chi connectivity index (χ0v) is 16.5. The summed E-state index contributed by atoms with van der Waals surface area (Å²) in [6.45, 7) is 12.2. The molecule has 1 saturated heterocycles. The number of thiophene rings is 1. The SMILES string of the molecule is Cc1cc(N2CCN(c3ncnc4sc(C)cc34)CC2)nc(C(C)C)n1. The van der Waals surface area contributed by atoms with Crippen molar-refractivity contribution < 1.29 is 0 Å². The molecule has 1 aliphatic heterocycles. The minimum Gasteiger partial charge on any atom is -0.353 e. The Labute approximate surface area is 157 Å². The maximum Gasteiger partial charge on any atom is 0.140 e. The Morgan fingerprint density at radius 2 is 1.69 bits per heavy atom. The van der Waals surface area contributed by atoms with Gasteiger partial charge in [-0.3, -0.25) is 0 Å². The molecule has 4 heterocycles. The molecule has 0 atom stereocenters. The lowest BCUT2D eigenvalue weighted by molar-refractivity contribution is 0.637. The molecule has 6 nitrogen and oxygen atoms in total. The second-order valence-corrected chi connectivity index (χ2v) is 8.36. The van der Waals surface area contributed by atoms with Gasteiger partial charge in [-0.25, -0.2) is 19.9 Å². The van der Waals surface area contributed by atoms with Gasteiger partial charge in [0.05, 0.1) is 5.39 Å². The Morgan fingerprint density at radius 3 is 2.42 bits per heavy atom. The number of aryl methyl sites for hydroxylation is 2. The number of fused-ring (bicyclic) bond motifs is 1. The average Bonchev–Trinajstić information content (AvgIpc) is 3.01. The summed E-state index contributed by atoms with van der Waals surface area (Å²) in [7, 11) is 0. The van der Waals surface area contributed by atoms with Gasteiger partial charge in [-0.2, -0.15) is 0 Å². The van der Waals surface area contributed by atoms with Crippen molar-refractivity contribution in [3.8, 4) is 0 Å². The van der Waals surface area contributed by atoms with Crippen molar-refractivity contribution in [2.45, 2.75) is 33.6 Å². The van der Waals surface area contributed by atoms with E-state index in [-0.39, 0.29) is 0 Å². The zero-order chi connectivity index (χ0) is 18.3. The minimum absolute atomic E-state index is 0.339. The second-order valence-electron chi connectivity index (χ2n) is 7.13. The largest absolute Gasteiger partial charge is 0.353 e. The quantitative estimate of drug-likeness (QED) is 0.705. The Morgan fingerprint density at radius 1 is 0.962 bits per heavy atom. The first kappa shape index (κ1) is 17.1. The van der Waals surface area contributed by atoms with Crippen LogP contribution in [-0.2, 0) is 0 Å². The van der Waals surface area contributed by atoms with Crippen LogP contribution in [-0.4, -0.2) is 46.1 Å². The Kier molecular flexibility index (Phi) is 4.48. The number of piperazine rings is 1. The minimum atomic E-state index is 0.339. The molecule has 26 heavy (non-hydrogen) atoms. The third kappa shape index (κ3) is 3.23. The summed E-state index contributed by atoms with van der Waals surface area (Å²) in [4.78, 5) is 25.4. The van der Waals surface area contributed by atoms with Gasteiger partial charge in [0.25, 0.3) is 0 Å². The summed E-state index contributed by atoms with van der Waals surface area (Å²) in [6, 6.07) is 4.29. The maximum atomic E-state index is 4.78. The van der Waals surface area contributed by atoms with E-state index < -0.39 is 0 Å². The molecule has 0 aromatic carbocycles. The van der Waals surface area contributed by atoms with Gasteiger partial charge in [-0.05, 0) is 19.9 Å². The highest BCUT2D eigenvalue weighted by molar-refractivity contribution is 7.18. The first-order valence-electron chi connectivity index (χ1n) is 9.08. The highest BCUT2D eigenvalue weighted by Crippen LogP contribution is 2.30. The molecule has 0 bridgehead atoms. The van der Waals surface area contributed by atoms with E-state index >= 15 is 0 Å². The molecule has 0 radical (unpaired) electrons. The molecule has 1 fully saturated rings. The lowest BCUT2D eigenvalue weighted by Gasteiger charge is -2.36. The molecular formula is C19H24N6S. The van der Waals surface area contributed by atoms with Gasteiger partial charge in [0, 0.05) is 48.7 Å². The van der Waals surface area contributed by atoms with Crippen molar-refractivity contribution in [1.29, 1.82) is 0 Å². The van der Waals surface area contributed by atoms with Crippen molar-refractivity contribution in [2.75, 3.05) is 36.0 Å². The van der Waals surface area contributed by atoms with Gasteiger partial charge >= 0.3 is 0 Å². The molecule has 4 rings (SSSR count). The van der Waals surface area contributed by atoms with Crippen LogP contribution in [0, 0.1) is 13.8 Å². The first-order chi connectivity index (χ1) is 12.5. The molecule has 1 aliphatic rings. The third-order valence-electron chi connectivity index (χ3n) is 4.71. The van der Waals surface area contributed by atoms with E-state index in [1.165, 1.54) is 10.3 Å². The van der Waals surface area contributed by atoms with Crippen LogP contribution in [0.5, 0.6) is 0 Å². The molecule has 0 amide bonds. The van der Waals surface area contributed by atoms with Gasteiger partial charge < -0.3 is 9.80 Å². The number of nitrogens with zero attached hydrogens (tertiary/aromatic N) is 6. The average molecular weight is 369 g/mol. The predicted octanol–water partition coefficient (Wildman–Crippen LogP) is 3.55. The van der Waals surface area contributed by atoms with Crippen molar-refractivity contribution in [2.24, 2.45) is 0 Å². The van der Waals surface area contributed by atoms with Crippen molar-refractivity contribution >= 4 is 33.2 Å². The van der Waals surface area contributed by atoms with Crippen molar-refractivity contribution in [3.05, 3.63) is 34.9 Å². The summed E-state index contributed by atoms with van der Waals surface area (Å²) in [5.41, 5.74) is 1.03. The Hall–Kier alpha value is -2.28. The van der Waals surface area contributed by atoms with Gasteiger partial charge in [0.15, 0.2) is 0 Å². The van der Waals surface area contributed by atoms with Gasteiger partial charge in [-0.1, -0.05) is 13.8 Å². The van der Waals surface area contributed by atoms with Gasteiger partial charge in [-0.15, -0.1) is 11.3 Å². The van der Waals surface area contributed by atoms with Crippen molar-refractivity contribution in [3.63, 3.8) is 0 Å². The van der Waals surface area contributed by atoms with Gasteiger partial charge in [0.2, 0.25) is 0 Å². The Bertz CT molecular complexity index is 927. The molecule has 3 aromatic rings. The molecule has 0 spiro atoms. The third-order valence-corrected chi connectivity index (χ3v) is 5.67. The fourth-order valence-electron chi connectivity index (χ4n) is 3.36. The van der Waals surface area contributed by atoms with Crippen LogP contribution < -0.4 is 9.80 Å². The zero-order valence-electron chi connectivity index (χ0n) is 15.7. The molecule has 0 N–H and O–H groups in total. The number of hydrogen-bond acceptors (Lipinski definition) is 7. The van der Waals surface area contributed by atoms with E-state index in [0.717, 1.165) is 54.2 Å². The molecular weight excluding hydrogens is 344 g/mol. The van der Waals surface area contributed by atoms with Crippen LogP contribution in [0.4, 0.5) is 11.6 Å². The van der Waals surface area contributed by atoms with E-state index in [0.29, 0.717) is 5.92 Å². The monoisotopic (exact) mass is 368 g/mol. The standard InChI is InChI=1S/C19H24N6S/c1-12(2)17-22-13(3)9-16(23-17)24-5-7-25(8-6-24)18-15-10-14(4)26-19(15)21-11-20-18/h9-12H,5-8H2,1-4H3. The molecule has 136 valence electrons. The normalized spacial score (nSPS) is 15.3. The summed E-state index contributed by atoms with van der Waals surface area (Å²) >= 11 is 1.73. The number of hydrogen-bond donors (Lipinski definition) is 0. The van der Waals surface area contributed by atoms with E-state index in [9.17, 15) is 0 Å². The number of aromatic nitrogens is 4. The molecule has 7 heteroatoms. The van der Waals surface area contributed by atoms with Crippen LogP contribution in [0.3, 0.4) is 0 Å². The van der Waals surface area contributed by atoms with Crippen LogP contribution in [0.25, 0.3) is 10.2 Å². The van der Waals surface area contributed by atoms with Crippen LogP contribution in [0.2, 0.25) is 0 Å². The molecule has 3 aromatic heterocycles. The lowest BCUT2D eigenvalue weighted by atomic mass is 10.2. The highest BCUT2D eigenvalue weighted by Gasteiger charge is 2.22. The molecule has 0 unspecified atom stereocenters. The second kappa shape index (κ2) is 6.79. The van der Waals surface area contributed by atoms with E-state index in [1.54, 1.807) is 17.7 Å². The molecule has 0 aliphatic carbocycles. The Balaban J connectivity index is 1.54. The van der Waals surface area contributed by atoms with E-state index in [2.05, 4.69) is 57.7 Å². The van der Waals surface area contributed by atoms with E-state index in [1.807, 2.05) is 6.92 Å². The highest BCUT2D eigenvalue weighted by atomic mass is 32.1. The fraction of sp³-hybridized carbons (Fsp3) is 0.474. The first-order valence-corrected chi connectivity index (χ1v) is 9.89. The number of rotatable bonds is 3. The van der Waals surface area contributed by atoms with Crippen LogP contribution >= 0.6 is 11.3 Å². The summed E-state index contributed by atoms with van der Waals surface area (Å²) in [6.07, 6.45) is 1.68. The van der Waals surface area contributed by atoms with Crippen molar-refractivity contribution in [1.82, 2.24) is 19.9 Å². The molecule has 0 saturated carbocycles. The summed E-state index contributed by atoms with van der Waals surface area (Å²) in [5.74, 6) is 3.36. The van der Waals surface area contributed by atoms with Crippen LogP contribution in [0.1, 0.15) is 36.2 Å². The smallest absolute Gasteiger partial charge is 0.140 e. The predicted molar refractivity (Wildman–Crippen MR) is 107 cm³/mol. The topological polar surface area (TPSA) is 58.0 Å². The number of anilines is 2. The fourth-order valence-corrected chi connectivity index (χ4v) is 4.20.